The minimum atomic E-state index is 0.0627. The number of aryl methyl sites for hydroxylation is 2. The van der Waals surface area contributed by atoms with Crippen LogP contribution in [0.4, 0.5) is 0 Å². The Labute approximate surface area is 142 Å². The van der Waals surface area contributed by atoms with Gasteiger partial charge >= 0.3 is 0 Å². The molecule has 2 aromatic rings. The lowest BCUT2D eigenvalue weighted by Gasteiger charge is -2.18. The van der Waals surface area contributed by atoms with Crippen molar-refractivity contribution >= 4 is 5.91 Å². The fourth-order valence-electron chi connectivity index (χ4n) is 2.58. The van der Waals surface area contributed by atoms with Crippen LogP contribution in [0.25, 0.3) is 0 Å². The van der Waals surface area contributed by atoms with Gasteiger partial charge in [-0.2, -0.15) is 4.98 Å². The van der Waals surface area contributed by atoms with Crippen molar-refractivity contribution in [2.24, 2.45) is 5.92 Å². The van der Waals surface area contributed by atoms with E-state index in [9.17, 15) is 4.79 Å². The van der Waals surface area contributed by atoms with Gasteiger partial charge < -0.3 is 13.9 Å². The lowest BCUT2D eigenvalue weighted by atomic mass is 10.1. The summed E-state index contributed by atoms with van der Waals surface area (Å²) < 4.78 is 10.4. The van der Waals surface area contributed by atoms with Gasteiger partial charge in [0.05, 0.1) is 12.2 Å². The molecule has 0 unspecified atom stereocenters. The number of nitrogens with zero attached hydrogens (tertiary/aromatic N) is 4. The van der Waals surface area contributed by atoms with E-state index in [-0.39, 0.29) is 5.91 Å². The molecule has 0 aliphatic carbocycles. The van der Waals surface area contributed by atoms with Crippen LogP contribution < -0.4 is 0 Å². The van der Waals surface area contributed by atoms with E-state index in [1.165, 1.54) is 0 Å². The van der Waals surface area contributed by atoms with Crippen molar-refractivity contribution in [3.05, 3.63) is 28.7 Å². The first-order valence-corrected chi connectivity index (χ1v) is 8.41. The Morgan fingerprint density at radius 2 is 1.96 bits per heavy atom. The number of hydrogen-bond acceptors (Lipinski definition) is 6. The molecule has 7 heteroatoms. The molecule has 0 spiro atoms. The average molecular weight is 334 g/mol. The van der Waals surface area contributed by atoms with Gasteiger partial charge in [-0.3, -0.25) is 4.79 Å². The molecule has 0 aliphatic heterocycles. The largest absolute Gasteiger partial charge is 0.361 e. The molecule has 0 atom stereocenters. The number of amides is 1. The lowest BCUT2D eigenvalue weighted by molar-refractivity contribution is -0.131. The number of hydrogen-bond donors (Lipinski definition) is 0. The van der Waals surface area contributed by atoms with Crippen molar-refractivity contribution in [2.75, 3.05) is 6.54 Å². The molecule has 0 N–H and O–H groups in total. The van der Waals surface area contributed by atoms with E-state index in [2.05, 4.69) is 29.1 Å². The summed E-state index contributed by atoms with van der Waals surface area (Å²) in [5.41, 5.74) is 1.86. The topological polar surface area (TPSA) is 85.3 Å². The minimum absolute atomic E-state index is 0.0627. The number of aromatic nitrogens is 3. The highest BCUT2D eigenvalue weighted by Crippen LogP contribution is 2.15. The van der Waals surface area contributed by atoms with Crippen LogP contribution in [0.1, 0.15) is 55.9 Å². The highest BCUT2D eigenvalue weighted by Gasteiger charge is 2.18. The van der Waals surface area contributed by atoms with Gasteiger partial charge in [0.1, 0.15) is 5.76 Å². The molecule has 0 saturated carbocycles. The predicted octanol–water partition coefficient (Wildman–Crippen LogP) is 2.85. The molecule has 2 rings (SSSR count). The highest BCUT2D eigenvalue weighted by molar-refractivity contribution is 5.76. The molecule has 0 fully saturated rings. The van der Waals surface area contributed by atoms with Gasteiger partial charge in [-0.1, -0.05) is 24.2 Å². The summed E-state index contributed by atoms with van der Waals surface area (Å²) in [6.07, 6.45) is 1.79. The molecular weight excluding hydrogens is 308 g/mol. The van der Waals surface area contributed by atoms with Crippen LogP contribution >= 0.6 is 0 Å². The summed E-state index contributed by atoms with van der Waals surface area (Å²) in [6.45, 7) is 10.9. The standard InChI is InChI=1S/C17H26N4O3/c1-6-21(10-15-18-16(24-20-15)9-11(2)3)17(22)8-7-14-12(4)19-23-13(14)5/h11H,6-10H2,1-5H3. The first-order valence-electron chi connectivity index (χ1n) is 8.41. The second-order valence-electron chi connectivity index (χ2n) is 6.41. The maximum Gasteiger partial charge on any atom is 0.226 e. The smallest absolute Gasteiger partial charge is 0.226 e. The molecule has 0 aromatic carbocycles. The van der Waals surface area contributed by atoms with E-state index < -0.39 is 0 Å². The Kier molecular flexibility index (Phi) is 6.11. The van der Waals surface area contributed by atoms with Crippen LogP contribution in [0, 0.1) is 19.8 Å². The van der Waals surface area contributed by atoms with E-state index >= 15 is 0 Å². The van der Waals surface area contributed by atoms with Crippen molar-refractivity contribution in [1.29, 1.82) is 0 Å². The van der Waals surface area contributed by atoms with Gasteiger partial charge in [-0.05, 0) is 33.1 Å². The summed E-state index contributed by atoms with van der Waals surface area (Å²) >= 11 is 0. The normalized spacial score (nSPS) is 11.2. The van der Waals surface area contributed by atoms with E-state index in [0.717, 1.165) is 23.4 Å². The van der Waals surface area contributed by atoms with Gasteiger partial charge in [-0.25, -0.2) is 0 Å². The molecule has 132 valence electrons. The summed E-state index contributed by atoms with van der Waals surface area (Å²) in [7, 11) is 0. The zero-order valence-corrected chi connectivity index (χ0v) is 15.1. The molecule has 2 heterocycles. The van der Waals surface area contributed by atoms with Crippen molar-refractivity contribution < 1.29 is 13.8 Å². The van der Waals surface area contributed by atoms with Gasteiger partial charge in [0.15, 0.2) is 5.82 Å². The molecule has 7 nitrogen and oxygen atoms in total. The first-order chi connectivity index (χ1) is 11.4. The Balaban J connectivity index is 1.92. The zero-order valence-electron chi connectivity index (χ0n) is 15.1. The van der Waals surface area contributed by atoms with Crippen LogP contribution in [-0.4, -0.2) is 32.6 Å². The molecule has 24 heavy (non-hydrogen) atoms. The minimum Gasteiger partial charge on any atom is -0.361 e. The van der Waals surface area contributed by atoms with Gasteiger partial charge in [-0.15, -0.1) is 0 Å². The summed E-state index contributed by atoms with van der Waals surface area (Å²) in [5.74, 6) is 2.47. The zero-order chi connectivity index (χ0) is 17.7. The predicted molar refractivity (Wildman–Crippen MR) is 88.2 cm³/mol. The fraction of sp³-hybridized carbons (Fsp3) is 0.647. The molecule has 0 radical (unpaired) electrons. The Morgan fingerprint density at radius 1 is 1.21 bits per heavy atom. The quantitative estimate of drug-likeness (QED) is 0.738. The van der Waals surface area contributed by atoms with Gasteiger partial charge in [0.2, 0.25) is 11.8 Å². The maximum absolute atomic E-state index is 12.5. The monoisotopic (exact) mass is 334 g/mol. The summed E-state index contributed by atoms with van der Waals surface area (Å²) in [5, 5.41) is 7.89. The van der Waals surface area contributed by atoms with Crippen molar-refractivity contribution in [3.8, 4) is 0 Å². The summed E-state index contributed by atoms with van der Waals surface area (Å²) in [6, 6.07) is 0. The van der Waals surface area contributed by atoms with Crippen LogP contribution in [0.3, 0.4) is 0 Å². The van der Waals surface area contributed by atoms with Gasteiger partial charge in [0.25, 0.3) is 0 Å². The van der Waals surface area contributed by atoms with Crippen molar-refractivity contribution in [3.63, 3.8) is 0 Å². The molecular formula is C17H26N4O3. The van der Waals surface area contributed by atoms with Gasteiger partial charge in [0, 0.05) is 24.9 Å². The van der Waals surface area contributed by atoms with Crippen LogP contribution in [0.5, 0.6) is 0 Å². The summed E-state index contributed by atoms with van der Waals surface area (Å²) in [4.78, 5) is 18.6. The molecule has 0 bridgehead atoms. The van der Waals surface area contributed by atoms with Crippen molar-refractivity contribution in [1.82, 2.24) is 20.2 Å². The third kappa shape index (κ3) is 4.66. The van der Waals surface area contributed by atoms with Crippen LogP contribution in [0.15, 0.2) is 9.05 Å². The van der Waals surface area contributed by atoms with E-state index in [1.807, 2.05) is 20.8 Å². The first kappa shape index (κ1) is 18.2. The third-order valence-electron chi connectivity index (χ3n) is 3.93. The molecule has 0 saturated heterocycles. The Morgan fingerprint density at radius 3 is 2.54 bits per heavy atom. The fourth-order valence-corrected chi connectivity index (χ4v) is 2.58. The van der Waals surface area contributed by atoms with Crippen LogP contribution in [-0.2, 0) is 24.2 Å². The SMILES string of the molecule is CCN(Cc1noc(CC(C)C)n1)C(=O)CCc1c(C)noc1C. The molecule has 0 aliphatic rings. The highest BCUT2D eigenvalue weighted by atomic mass is 16.5. The number of carbonyl (C=O) groups excluding carboxylic acids is 1. The van der Waals surface area contributed by atoms with Crippen LogP contribution in [0.2, 0.25) is 0 Å². The maximum atomic E-state index is 12.5. The van der Waals surface area contributed by atoms with Crippen molar-refractivity contribution in [2.45, 2.75) is 60.4 Å². The molecule has 2 aromatic heterocycles. The van der Waals surface area contributed by atoms with E-state index in [0.29, 0.717) is 43.6 Å². The second kappa shape index (κ2) is 8.08. The number of rotatable bonds is 8. The van der Waals surface area contributed by atoms with E-state index in [4.69, 9.17) is 9.05 Å². The number of carbonyl (C=O) groups is 1. The third-order valence-corrected chi connectivity index (χ3v) is 3.93. The lowest BCUT2D eigenvalue weighted by Crippen LogP contribution is -2.31. The second-order valence-corrected chi connectivity index (χ2v) is 6.41. The average Bonchev–Trinajstić information content (AvgIpc) is 3.09. The molecule has 1 amide bonds. The Hall–Kier alpha value is -2.18. The van der Waals surface area contributed by atoms with E-state index in [1.54, 1.807) is 4.90 Å². The Bertz CT molecular complexity index is 656.